The molecule has 0 aliphatic rings. The number of nitrogens with zero attached hydrogens (tertiary/aromatic N) is 1. The van der Waals surface area contributed by atoms with Crippen molar-refractivity contribution < 1.29 is 0 Å². The van der Waals surface area contributed by atoms with Crippen LogP contribution in [0.4, 0.5) is 0 Å². The third-order valence-corrected chi connectivity index (χ3v) is 1.60. The Morgan fingerprint density at radius 1 is 1.18 bits per heavy atom. The molecule has 0 bridgehead atoms. The van der Waals surface area contributed by atoms with E-state index in [1.807, 2.05) is 6.08 Å². The number of hydrogen-bond donors (Lipinski definition) is 0. The van der Waals surface area contributed by atoms with E-state index in [1.165, 1.54) is 25.7 Å². The molecule has 1 heteroatoms. The number of hydrogen-bond acceptors (Lipinski definition) is 1. The Balaban J connectivity index is 2.96. The van der Waals surface area contributed by atoms with Gasteiger partial charge in [0.05, 0.1) is 12.5 Å². The van der Waals surface area contributed by atoms with Gasteiger partial charge < -0.3 is 0 Å². The molecule has 0 saturated carbocycles. The molecule has 0 heterocycles. The summed E-state index contributed by atoms with van der Waals surface area (Å²) in [5.41, 5.74) is 0. The fourth-order valence-corrected chi connectivity index (χ4v) is 0.943. The van der Waals surface area contributed by atoms with Crippen LogP contribution in [0.3, 0.4) is 0 Å². The fraction of sp³-hybridized carbons (Fsp3) is 0.700. The first-order valence-corrected chi connectivity index (χ1v) is 4.43. The molecule has 0 aromatic rings. The van der Waals surface area contributed by atoms with Gasteiger partial charge >= 0.3 is 0 Å². The monoisotopic (exact) mass is 151 g/mol. The van der Waals surface area contributed by atoms with Gasteiger partial charge in [0.25, 0.3) is 0 Å². The van der Waals surface area contributed by atoms with Crippen LogP contribution >= 0.6 is 0 Å². The summed E-state index contributed by atoms with van der Waals surface area (Å²) in [6.45, 7) is 2.21. The Labute approximate surface area is 69.7 Å². The first kappa shape index (κ1) is 10.2. The van der Waals surface area contributed by atoms with Crippen LogP contribution in [0, 0.1) is 11.3 Å². The van der Waals surface area contributed by atoms with Gasteiger partial charge in [0.2, 0.25) is 0 Å². The number of nitriles is 1. The largest absolute Gasteiger partial charge is 0.198 e. The quantitative estimate of drug-likeness (QED) is 0.421. The average molecular weight is 151 g/mol. The molecular formula is C10H17N. The summed E-state index contributed by atoms with van der Waals surface area (Å²) in [5.74, 6) is 0. The van der Waals surface area contributed by atoms with E-state index < -0.39 is 0 Å². The molecule has 0 aliphatic heterocycles. The van der Waals surface area contributed by atoms with Gasteiger partial charge in [0.15, 0.2) is 0 Å². The molecule has 1 nitrogen and oxygen atoms in total. The predicted molar refractivity (Wildman–Crippen MR) is 48.1 cm³/mol. The summed E-state index contributed by atoms with van der Waals surface area (Å²) in [7, 11) is 0. The smallest absolute Gasteiger partial charge is 0.0663 e. The van der Waals surface area contributed by atoms with Crippen molar-refractivity contribution >= 4 is 0 Å². The summed E-state index contributed by atoms with van der Waals surface area (Å²) in [5, 5.41) is 8.21. The van der Waals surface area contributed by atoms with Crippen molar-refractivity contribution in [2.45, 2.75) is 45.4 Å². The van der Waals surface area contributed by atoms with Crippen molar-refractivity contribution in [3.8, 4) is 6.07 Å². The van der Waals surface area contributed by atoms with Crippen LogP contribution in [-0.2, 0) is 0 Å². The highest BCUT2D eigenvalue weighted by atomic mass is 14.2. The van der Waals surface area contributed by atoms with Crippen LogP contribution in [-0.4, -0.2) is 0 Å². The Hall–Kier alpha value is -0.770. The van der Waals surface area contributed by atoms with E-state index in [1.54, 1.807) is 0 Å². The Kier molecular flexibility index (Phi) is 8.58. The zero-order valence-corrected chi connectivity index (χ0v) is 7.34. The van der Waals surface area contributed by atoms with Gasteiger partial charge in [0.1, 0.15) is 0 Å². The van der Waals surface area contributed by atoms with Crippen LogP contribution < -0.4 is 0 Å². The van der Waals surface area contributed by atoms with Crippen LogP contribution in [0.25, 0.3) is 0 Å². The van der Waals surface area contributed by atoms with Gasteiger partial charge in [-0.05, 0) is 12.8 Å². The first-order chi connectivity index (χ1) is 5.41. The van der Waals surface area contributed by atoms with Crippen LogP contribution in [0.15, 0.2) is 12.2 Å². The highest BCUT2D eigenvalue weighted by molar-refractivity contribution is 4.90. The molecular weight excluding hydrogens is 134 g/mol. The summed E-state index contributed by atoms with van der Waals surface area (Å²) in [4.78, 5) is 0. The molecule has 0 spiro atoms. The van der Waals surface area contributed by atoms with E-state index >= 15 is 0 Å². The minimum Gasteiger partial charge on any atom is -0.198 e. The van der Waals surface area contributed by atoms with Gasteiger partial charge in [-0.25, -0.2) is 0 Å². The fourth-order valence-electron chi connectivity index (χ4n) is 0.943. The third-order valence-electron chi connectivity index (χ3n) is 1.60. The molecule has 0 saturated heterocycles. The Morgan fingerprint density at radius 2 is 2.00 bits per heavy atom. The molecule has 0 aliphatic carbocycles. The highest BCUT2D eigenvalue weighted by Gasteiger charge is 1.83. The zero-order chi connectivity index (χ0) is 8.36. The summed E-state index contributed by atoms with van der Waals surface area (Å²) < 4.78 is 0. The second-order valence-corrected chi connectivity index (χ2v) is 2.68. The Bertz CT molecular complexity index is 130. The topological polar surface area (TPSA) is 23.8 Å². The predicted octanol–water partition coefficient (Wildman–Crippen LogP) is 3.43. The van der Waals surface area contributed by atoms with Crippen LogP contribution in [0.5, 0.6) is 0 Å². The van der Waals surface area contributed by atoms with E-state index in [-0.39, 0.29) is 0 Å². The van der Waals surface area contributed by atoms with E-state index in [0.29, 0.717) is 6.42 Å². The van der Waals surface area contributed by atoms with Crippen molar-refractivity contribution in [2.75, 3.05) is 0 Å². The molecule has 0 amide bonds. The van der Waals surface area contributed by atoms with E-state index in [9.17, 15) is 0 Å². The second-order valence-electron chi connectivity index (χ2n) is 2.68. The molecule has 0 atom stereocenters. The maximum Gasteiger partial charge on any atom is 0.0663 e. The van der Waals surface area contributed by atoms with Crippen molar-refractivity contribution in [3.05, 3.63) is 12.2 Å². The number of unbranched alkanes of at least 4 members (excludes halogenated alkanes) is 4. The molecule has 0 N–H and O–H groups in total. The van der Waals surface area contributed by atoms with E-state index in [4.69, 9.17) is 5.26 Å². The molecule has 0 unspecified atom stereocenters. The minimum absolute atomic E-state index is 0.563. The molecule has 62 valence electrons. The zero-order valence-electron chi connectivity index (χ0n) is 7.34. The van der Waals surface area contributed by atoms with Gasteiger partial charge in [-0.15, -0.1) is 0 Å². The van der Waals surface area contributed by atoms with Crippen LogP contribution in [0.2, 0.25) is 0 Å². The minimum atomic E-state index is 0.563. The van der Waals surface area contributed by atoms with Crippen molar-refractivity contribution in [1.29, 1.82) is 5.26 Å². The lowest BCUT2D eigenvalue weighted by Crippen LogP contribution is -1.73. The lowest BCUT2D eigenvalue weighted by molar-refractivity contribution is 0.674. The summed E-state index contributed by atoms with van der Waals surface area (Å²) in [6.07, 6.45) is 11.0. The maximum absolute atomic E-state index is 8.21. The van der Waals surface area contributed by atoms with Gasteiger partial charge in [-0.1, -0.05) is 38.3 Å². The molecule has 0 aromatic carbocycles. The highest BCUT2D eigenvalue weighted by Crippen LogP contribution is 2.02. The number of rotatable bonds is 6. The second kappa shape index (κ2) is 9.23. The molecule has 0 fully saturated rings. The number of allylic oxidation sites excluding steroid dienone is 2. The van der Waals surface area contributed by atoms with E-state index in [0.717, 1.165) is 6.42 Å². The summed E-state index contributed by atoms with van der Waals surface area (Å²) >= 11 is 0. The third kappa shape index (κ3) is 9.23. The first-order valence-electron chi connectivity index (χ1n) is 4.43. The lowest BCUT2D eigenvalue weighted by Gasteiger charge is -1.92. The van der Waals surface area contributed by atoms with Gasteiger partial charge in [-0.3, -0.25) is 0 Å². The van der Waals surface area contributed by atoms with Crippen LogP contribution in [0.1, 0.15) is 45.4 Å². The molecule has 11 heavy (non-hydrogen) atoms. The van der Waals surface area contributed by atoms with E-state index in [2.05, 4.69) is 19.1 Å². The molecule has 0 rings (SSSR count). The SMILES string of the molecule is CCCCCC/C=C/CC#N. The van der Waals surface area contributed by atoms with Crippen molar-refractivity contribution in [3.63, 3.8) is 0 Å². The standard InChI is InChI=1S/C10H17N/c1-2-3-4-5-6-7-8-9-10-11/h7-8H,2-6,9H2,1H3/b8-7+. The molecule has 0 radical (unpaired) electrons. The Morgan fingerprint density at radius 3 is 2.64 bits per heavy atom. The normalized spacial score (nSPS) is 10.2. The molecule has 0 aromatic heterocycles. The maximum atomic E-state index is 8.21. The van der Waals surface area contributed by atoms with Gasteiger partial charge in [0, 0.05) is 0 Å². The average Bonchev–Trinajstić information content (AvgIpc) is 2.03. The summed E-state index contributed by atoms with van der Waals surface area (Å²) in [6, 6.07) is 2.08. The lowest BCUT2D eigenvalue weighted by atomic mass is 10.1. The van der Waals surface area contributed by atoms with Crippen molar-refractivity contribution in [2.24, 2.45) is 0 Å². The van der Waals surface area contributed by atoms with Gasteiger partial charge in [-0.2, -0.15) is 5.26 Å². The van der Waals surface area contributed by atoms with Crippen molar-refractivity contribution in [1.82, 2.24) is 0 Å².